The van der Waals surface area contributed by atoms with Crippen LogP contribution in [-0.2, 0) is 6.18 Å². The SMILES string of the molecule is Cc1cc(C(C)Cl)ccc1C(F)(F)F. The molecule has 0 saturated carbocycles. The van der Waals surface area contributed by atoms with Gasteiger partial charge in [0.2, 0.25) is 0 Å². The normalized spacial score (nSPS) is 14.1. The summed E-state index contributed by atoms with van der Waals surface area (Å²) in [6.45, 7) is 3.16. The summed E-state index contributed by atoms with van der Waals surface area (Å²) in [6.07, 6.45) is -4.28. The van der Waals surface area contributed by atoms with E-state index in [1.54, 1.807) is 6.92 Å². The first-order chi connectivity index (χ1) is 6.32. The Hall–Kier alpha value is -0.700. The Morgan fingerprint density at radius 3 is 2.21 bits per heavy atom. The van der Waals surface area contributed by atoms with Gasteiger partial charge in [-0.25, -0.2) is 0 Å². The van der Waals surface area contributed by atoms with Crippen molar-refractivity contribution < 1.29 is 13.2 Å². The number of benzene rings is 1. The molecule has 0 spiro atoms. The van der Waals surface area contributed by atoms with E-state index in [-0.39, 0.29) is 10.9 Å². The third kappa shape index (κ3) is 2.41. The third-order valence-electron chi connectivity index (χ3n) is 2.02. The van der Waals surface area contributed by atoms with E-state index in [1.165, 1.54) is 19.1 Å². The quantitative estimate of drug-likeness (QED) is 0.621. The largest absolute Gasteiger partial charge is 0.416 e. The zero-order valence-corrected chi connectivity index (χ0v) is 8.58. The highest BCUT2D eigenvalue weighted by Crippen LogP contribution is 2.33. The van der Waals surface area contributed by atoms with Crippen LogP contribution in [0.4, 0.5) is 13.2 Å². The van der Waals surface area contributed by atoms with Gasteiger partial charge < -0.3 is 0 Å². The molecule has 0 aromatic heterocycles. The summed E-state index contributed by atoms with van der Waals surface area (Å²) in [5, 5.41) is -0.268. The summed E-state index contributed by atoms with van der Waals surface area (Å²) in [6, 6.07) is 3.96. The Bertz CT molecular complexity index is 329. The summed E-state index contributed by atoms with van der Waals surface area (Å²) in [7, 11) is 0. The molecule has 0 heterocycles. The van der Waals surface area contributed by atoms with Crippen LogP contribution in [0.25, 0.3) is 0 Å². The molecule has 0 aliphatic heterocycles. The molecule has 78 valence electrons. The van der Waals surface area contributed by atoms with Crippen LogP contribution >= 0.6 is 11.6 Å². The summed E-state index contributed by atoms with van der Waals surface area (Å²) >= 11 is 5.76. The van der Waals surface area contributed by atoms with Crippen molar-refractivity contribution in [3.63, 3.8) is 0 Å². The average Bonchev–Trinajstić information content (AvgIpc) is 2.01. The van der Waals surface area contributed by atoms with E-state index >= 15 is 0 Å². The lowest BCUT2D eigenvalue weighted by atomic mass is 10.0. The van der Waals surface area contributed by atoms with Gasteiger partial charge in [0.1, 0.15) is 0 Å². The molecule has 0 saturated heterocycles. The van der Waals surface area contributed by atoms with E-state index < -0.39 is 11.7 Å². The first-order valence-corrected chi connectivity index (χ1v) is 4.58. The van der Waals surface area contributed by atoms with Crippen molar-refractivity contribution in [2.45, 2.75) is 25.4 Å². The van der Waals surface area contributed by atoms with Crippen LogP contribution in [0, 0.1) is 6.92 Å². The molecule has 0 fully saturated rings. The minimum Gasteiger partial charge on any atom is -0.166 e. The van der Waals surface area contributed by atoms with Crippen LogP contribution < -0.4 is 0 Å². The Balaban J connectivity index is 3.15. The second kappa shape index (κ2) is 3.81. The molecular weight excluding hydrogens is 213 g/mol. The smallest absolute Gasteiger partial charge is 0.166 e. The Kier molecular flexibility index (Phi) is 3.10. The van der Waals surface area contributed by atoms with E-state index in [2.05, 4.69) is 0 Å². The van der Waals surface area contributed by atoms with E-state index in [1.807, 2.05) is 0 Å². The second-order valence-corrected chi connectivity index (χ2v) is 3.84. The van der Waals surface area contributed by atoms with Gasteiger partial charge in [-0.1, -0.05) is 12.1 Å². The monoisotopic (exact) mass is 222 g/mol. The summed E-state index contributed by atoms with van der Waals surface area (Å²) < 4.78 is 37.0. The lowest BCUT2D eigenvalue weighted by molar-refractivity contribution is -0.138. The number of rotatable bonds is 1. The van der Waals surface area contributed by atoms with Crippen LogP contribution in [0.15, 0.2) is 18.2 Å². The molecule has 1 aromatic carbocycles. The minimum atomic E-state index is -4.28. The molecule has 14 heavy (non-hydrogen) atoms. The fourth-order valence-corrected chi connectivity index (χ4v) is 1.39. The van der Waals surface area contributed by atoms with Crippen LogP contribution in [0.1, 0.15) is 29.0 Å². The topological polar surface area (TPSA) is 0 Å². The van der Waals surface area contributed by atoms with Crippen molar-refractivity contribution in [1.82, 2.24) is 0 Å². The van der Waals surface area contributed by atoms with Crippen molar-refractivity contribution in [3.05, 3.63) is 34.9 Å². The lowest BCUT2D eigenvalue weighted by Crippen LogP contribution is -2.07. The third-order valence-corrected chi connectivity index (χ3v) is 2.27. The summed E-state index contributed by atoms with van der Waals surface area (Å²) in [5.41, 5.74) is 0.318. The molecule has 0 nitrogen and oxygen atoms in total. The average molecular weight is 223 g/mol. The molecule has 0 radical (unpaired) electrons. The molecule has 1 aromatic rings. The molecule has 0 bridgehead atoms. The summed E-state index contributed by atoms with van der Waals surface area (Å²) in [5.74, 6) is 0. The lowest BCUT2D eigenvalue weighted by Gasteiger charge is -2.12. The maximum absolute atomic E-state index is 12.3. The first kappa shape index (κ1) is 11.4. The highest BCUT2D eigenvalue weighted by atomic mass is 35.5. The number of hydrogen-bond donors (Lipinski definition) is 0. The van der Waals surface area contributed by atoms with Crippen molar-refractivity contribution in [3.8, 4) is 0 Å². The van der Waals surface area contributed by atoms with Gasteiger partial charge in [-0.05, 0) is 31.0 Å². The Morgan fingerprint density at radius 2 is 1.86 bits per heavy atom. The first-order valence-electron chi connectivity index (χ1n) is 4.14. The van der Waals surface area contributed by atoms with E-state index in [4.69, 9.17) is 11.6 Å². The van der Waals surface area contributed by atoms with Crippen LogP contribution in [-0.4, -0.2) is 0 Å². The van der Waals surface area contributed by atoms with Gasteiger partial charge in [0.25, 0.3) is 0 Å². The maximum atomic E-state index is 12.3. The molecule has 1 rings (SSSR count). The van der Waals surface area contributed by atoms with Gasteiger partial charge in [0.05, 0.1) is 10.9 Å². The van der Waals surface area contributed by atoms with Crippen molar-refractivity contribution in [2.75, 3.05) is 0 Å². The van der Waals surface area contributed by atoms with Gasteiger partial charge >= 0.3 is 6.18 Å². The highest BCUT2D eigenvalue weighted by molar-refractivity contribution is 6.20. The van der Waals surface area contributed by atoms with Crippen molar-refractivity contribution >= 4 is 11.6 Å². The predicted octanol–water partition coefficient (Wildman–Crippen LogP) is 4.31. The van der Waals surface area contributed by atoms with Crippen molar-refractivity contribution in [2.24, 2.45) is 0 Å². The molecule has 0 N–H and O–H groups in total. The molecule has 1 atom stereocenters. The van der Waals surface area contributed by atoms with Gasteiger partial charge in [-0.2, -0.15) is 13.2 Å². The number of aryl methyl sites for hydroxylation is 1. The zero-order chi connectivity index (χ0) is 10.9. The fourth-order valence-electron chi connectivity index (χ4n) is 1.25. The number of hydrogen-bond acceptors (Lipinski definition) is 0. The maximum Gasteiger partial charge on any atom is 0.416 e. The molecule has 0 aliphatic carbocycles. The van der Waals surface area contributed by atoms with Crippen LogP contribution in [0.5, 0.6) is 0 Å². The zero-order valence-electron chi connectivity index (χ0n) is 7.82. The number of halogens is 4. The Morgan fingerprint density at radius 1 is 1.29 bits per heavy atom. The summed E-state index contributed by atoms with van der Waals surface area (Å²) in [4.78, 5) is 0. The van der Waals surface area contributed by atoms with E-state index in [9.17, 15) is 13.2 Å². The van der Waals surface area contributed by atoms with Gasteiger partial charge in [0.15, 0.2) is 0 Å². The molecule has 0 aliphatic rings. The minimum absolute atomic E-state index is 0.211. The second-order valence-electron chi connectivity index (χ2n) is 3.19. The van der Waals surface area contributed by atoms with Gasteiger partial charge in [-0.15, -0.1) is 11.6 Å². The molecule has 4 heteroatoms. The predicted molar refractivity (Wildman–Crippen MR) is 50.4 cm³/mol. The standard InChI is InChI=1S/C10H10ClF3/c1-6-5-8(7(2)11)3-4-9(6)10(12,13)14/h3-5,7H,1-2H3. The van der Waals surface area contributed by atoms with Gasteiger partial charge in [0, 0.05) is 0 Å². The van der Waals surface area contributed by atoms with Crippen LogP contribution in [0.3, 0.4) is 0 Å². The molecular formula is C10H10ClF3. The molecule has 0 amide bonds. The van der Waals surface area contributed by atoms with Gasteiger partial charge in [-0.3, -0.25) is 0 Å². The molecule has 1 unspecified atom stereocenters. The Labute approximate surface area is 85.7 Å². The van der Waals surface area contributed by atoms with E-state index in [0.29, 0.717) is 5.56 Å². The van der Waals surface area contributed by atoms with Crippen LogP contribution in [0.2, 0.25) is 0 Å². The fraction of sp³-hybridized carbons (Fsp3) is 0.400. The number of alkyl halides is 4. The highest BCUT2D eigenvalue weighted by Gasteiger charge is 2.32. The van der Waals surface area contributed by atoms with E-state index in [0.717, 1.165) is 6.07 Å². The van der Waals surface area contributed by atoms with Crippen molar-refractivity contribution in [1.29, 1.82) is 0 Å².